The van der Waals surface area contributed by atoms with Crippen LogP contribution in [0.5, 0.6) is 0 Å². The first kappa shape index (κ1) is 15.7. The Morgan fingerprint density at radius 1 is 1.35 bits per heavy atom. The Labute approximate surface area is 137 Å². The summed E-state index contributed by atoms with van der Waals surface area (Å²) < 4.78 is 0. The van der Waals surface area contributed by atoms with E-state index in [2.05, 4.69) is 36.2 Å². The number of hydrogen-bond acceptors (Lipinski definition) is 4. The van der Waals surface area contributed by atoms with Gasteiger partial charge in [0.15, 0.2) is 5.78 Å². The van der Waals surface area contributed by atoms with Crippen molar-refractivity contribution in [3.63, 3.8) is 0 Å². The Balaban J connectivity index is 1.79. The number of carbonyl (C=O) groups is 2. The molecular weight excluding hydrogens is 290 g/mol. The van der Waals surface area contributed by atoms with Gasteiger partial charge in [0.2, 0.25) is 5.91 Å². The predicted molar refractivity (Wildman–Crippen MR) is 90.4 cm³/mol. The third kappa shape index (κ3) is 2.88. The van der Waals surface area contributed by atoms with E-state index in [9.17, 15) is 9.59 Å². The van der Waals surface area contributed by atoms with E-state index in [1.54, 1.807) is 6.08 Å². The van der Waals surface area contributed by atoms with E-state index < -0.39 is 0 Å². The number of allylic oxidation sites excluding steroid dienone is 1. The maximum Gasteiger partial charge on any atom is 0.234 e. The zero-order valence-corrected chi connectivity index (χ0v) is 13.9. The summed E-state index contributed by atoms with van der Waals surface area (Å²) in [6.07, 6.45) is 1.74. The Hall–Kier alpha value is -2.14. The van der Waals surface area contributed by atoms with Crippen LogP contribution in [0.25, 0.3) is 0 Å². The molecule has 1 aromatic carbocycles. The molecule has 0 aromatic heterocycles. The Morgan fingerprint density at radius 3 is 2.78 bits per heavy atom. The monoisotopic (exact) mass is 313 g/mol. The van der Waals surface area contributed by atoms with Crippen LogP contribution in [0, 0.1) is 0 Å². The molecular formula is C18H23N3O2. The highest BCUT2D eigenvalue weighted by Crippen LogP contribution is 2.46. The normalized spacial score (nSPS) is 22.1. The van der Waals surface area contributed by atoms with E-state index in [0.717, 1.165) is 17.9 Å². The molecule has 1 amide bonds. The molecule has 122 valence electrons. The van der Waals surface area contributed by atoms with Crippen molar-refractivity contribution in [1.82, 2.24) is 10.2 Å². The molecule has 2 heterocycles. The quantitative estimate of drug-likeness (QED) is 0.855. The van der Waals surface area contributed by atoms with Crippen molar-refractivity contribution in [3.05, 3.63) is 41.6 Å². The van der Waals surface area contributed by atoms with E-state index in [-0.39, 0.29) is 23.7 Å². The van der Waals surface area contributed by atoms with Gasteiger partial charge in [0, 0.05) is 43.0 Å². The first-order valence-electron chi connectivity index (χ1n) is 7.97. The molecule has 1 aromatic rings. The van der Waals surface area contributed by atoms with Gasteiger partial charge >= 0.3 is 0 Å². The number of carbonyl (C=O) groups excluding carboxylic acids is 2. The Kier molecular flexibility index (Phi) is 3.98. The van der Waals surface area contributed by atoms with Gasteiger partial charge in [0.1, 0.15) is 0 Å². The van der Waals surface area contributed by atoms with E-state index >= 15 is 0 Å². The number of nitrogens with one attached hydrogen (secondary N) is 1. The lowest BCUT2D eigenvalue weighted by Crippen LogP contribution is -2.49. The zero-order chi connectivity index (χ0) is 16.6. The van der Waals surface area contributed by atoms with E-state index in [0.29, 0.717) is 13.1 Å². The van der Waals surface area contributed by atoms with Gasteiger partial charge in [-0.1, -0.05) is 32.0 Å². The number of piperazine rings is 1. The Bertz CT molecular complexity index is 679. The summed E-state index contributed by atoms with van der Waals surface area (Å²) in [4.78, 5) is 27.9. The molecule has 1 saturated heterocycles. The van der Waals surface area contributed by atoms with E-state index in [1.807, 2.05) is 24.1 Å². The summed E-state index contributed by atoms with van der Waals surface area (Å²) >= 11 is 0. The lowest BCUT2D eigenvalue weighted by atomic mass is 9.83. The molecule has 0 saturated carbocycles. The number of ketones is 1. The lowest BCUT2D eigenvalue weighted by Gasteiger charge is -2.27. The van der Waals surface area contributed by atoms with Crippen LogP contribution in [0.2, 0.25) is 0 Å². The smallest absolute Gasteiger partial charge is 0.234 e. The standard InChI is InChI=1S/C18H23N3O2/c1-18(2)14-6-4-5-7-15(14)20(3)16(18)10-13(22)11-21-9-8-19-17(23)12-21/h4-7,10H,8-9,11-12H2,1-3H3,(H,19,23). The van der Waals surface area contributed by atoms with Crippen LogP contribution in [-0.2, 0) is 15.0 Å². The molecule has 23 heavy (non-hydrogen) atoms. The van der Waals surface area contributed by atoms with Gasteiger partial charge in [-0.05, 0) is 11.6 Å². The van der Waals surface area contributed by atoms with Crippen LogP contribution < -0.4 is 10.2 Å². The highest BCUT2D eigenvalue weighted by Gasteiger charge is 2.38. The predicted octanol–water partition coefficient (Wildman–Crippen LogP) is 1.30. The topological polar surface area (TPSA) is 52.7 Å². The highest BCUT2D eigenvalue weighted by atomic mass is 16.2. The van der Waals surface area contributed by atoms with Crippen molar-refractivity contribution in [2.24, 2.45) is 0 Å². The van der Waals surface area contributed by atoms with Crippen LogP contribution >= 0.6 is 0 Å². The lowest BCUT2D eigenvalue weighted by molar-refractivity contribution is -0.125. The number of amides is 1. The first-order chi connectivity index (χ1) is 10.9. The first-order valence-corrected chi connectivity index (χ1v) is 7.97. The zero-order valence-electron chi connectivity index (χ0n) is 13.9. The minimum absolute atomic E-state index is 0.0116. The second kappa shape index (κ2) is 5.81. The maximum atomic E-state index is 12.5. The Morgan fingerprint density at radius 2 is 2.09 bits per heavy atom. The number of rotatable bonds is 3. The number of anilines is 1. The molecule has 5 nitrogen and oxygen atoms in total. The number of para-hydroxylation sites is 1. The summed E-state index contributed by atoms with van der Waals surface area (Å²) in [7, 11) is 2.00. The molecule has 0 aliphatic carbocycles. The van der Waals surface area contributed by atoms with Crippen LogP contribution in [0.4, 0.5) is 5.69 Å². The molecule has 5 heteroatoms. The average Bonchev–Trinajstić information content (AvgIpc) is 2.69. The van der Waals surface area contributed by atoms with Gasteiger partial charge in [-0.3, -0.25) is 14.5 Å². The summed E-state index contributed by atoms with van der Waals surface area (Å²) in [5.41, 5.74) is 3.19. The third-order valence-corrected chi connectivity index (χ3v) is 4.74. The summed E-state index contributed by atoms with van der Waals surface area (Å²) in [5.74, 6) is 0.0323. The van der Waals surface area contributed by atoms with E-state index in [4.69, 9.17) is 0 Å². The fraction of sp³-hybridized carbons (Fsp3) is 0.444. The largest absolute Gasteiger partial charge is 0.354 e. The number of nitrogens with zero attached hydrogens (tertiary/aromatic N) is 2. The second-order valence-electron chi connectivity index (χ2n) is 6.76. The molecule has 0 bridgehead atoms. The van der Waals surface area contributed by atoms with Gasteiger partial charge in [-0.15, -0.1) is 0 Å². The summed E-state index contributed by atoms with van der Waals surface area (Å²) in [5, 5.41) is 2.77. The molecule has 3 rings (SSSR count). The van der Waals surface area contributed by atoms with Gasteiger partial charge < -0.3 is 10.2 Å². The van der Waals surface area contributed by atoms with Crippen molar-refractivity contribution in [1.29, 1.82) is 0 Å². The van der Waals surface area contributed by atoms with Gasteiger partial charge in [0.25, 0.3) is 0 Å². The van der Waals surface area contributed by atoms with Gasteiger partial charge in [-0.25, -0.2) is 0 Å². The minimum Gasteiger partial charge on any atom is -0.354 e. The molecule has 0 atom stereocenters. The van der Waals surface area contributed by atoms with Gasteiger partial charge in [-0.2, -0.15) is 0 Å². The SMILES string of the molecule is CN1C(=CC(=O)CN2CCNC(=O)C2)C(C)(C)c2ccccc21. The number of benzene rings is 1. The van der Waals surface area contributed by atoms with Crippen molar-refractivity contribution < 1.29 is 9.59 Å². The molecule has 0 radical (unpaired) electrons. The highest BCUT2D eigenvalue weighted by molar-refractivity contribution is 5.94. The fourth-order valence-corrected chi connectivity index (χ4v) is 3.50. The molecule has 2 aliphatic rings. The summed E-state index contributed by atoms with van der Waals surface area (Å²) in [6.45, 7) is 6.21. The third-order valence-electron chi connectivity index (χ3n) is 4.74. The van der Waals surface area contributed by atoms with Crippen molar-refractivity contribution in [2.75, 3.05) is 38.1 Å². The van der Waals surface area contributed by atoms with Crippen molar-refractivity contribution in [2.45, 2.75) is 19.3 Å². The van der Waals surface area contributed by atoms with Crippen LogP contribution in [0.1, 0.15) is 19.4 Å². The molecule has 2 aliphatic heterocycles. The maximum absolute atomic E-state index is 12.5. The second-order valence-corrected chi connectivity index (χ2v) is 6.76. The van der Waals surface area contributed by atoms with Crippen LogP contribution in [0.15, 0.2) is 36.0 Å². The van der Waals surface area contributed by atoms with Gasteiger partial charge in [0.05, 0.1) is 13.1 Å². The van der Waals surface area contributed by atoms with Crippen LogP contribution in [-0.4, -0.2) is 49.8 Å². The van der Waals surface area contributed by atoms with Crippen LogP contribution in [0.3, 0.4) is 0 Å². The molecule has 1 N–H and O–H groups in total. The number of likely N-dealkylation sites (N-methyl/N-ethyl adjacent to an activating group) is 1. The molecule has 0 spiro atoms. The van der Waals surface area contributed by atoms with Crippen molar-refractivity contribution >= 4 is 17.4 Å². The number of hydrogen-bond donors (Lipinski definition) is 1. The average molecular weight is 313 g/mol. The summed E-state index contributed by atoms with van der Waals surface area (Å²) in [6, 6.07) is 8.25. The minimum atomic E-state index is -0.194. The molecule has 0 unspecified atom stereocenters. The fourth-order valence-electron chi connectivity index (χ4n) is 3.50. The van der Waals surface area contributed by atoms with E-state index in [1.165, 1.54) is 5.56 Å². The molecule has 1 fully saturated rings. The number of fused-ring (bicyclic) bond motifs is 1. The van der Waals surface area contributed by atoms with Crippen molar-refractivity contribution in [3.8, 4) is 0 Å².